The van der Waals surface area contributed by atoms with E-state index in [1.807, 2.05) is 4.90 Å². The predicted molar refractivity (Wildman–Crippen MR) is 79.0 cm³/mol. The van der Waals surface area contributed by atoms with Gasteiger partial charge in [-0.25, -0.2) is 4.99 Å². The molecule has 1 aliphatic heterocycles. The lowest BCUT2D eigenvalue weighted by Crippen LogP contribution is -2.34. The van der Waals surface area contributed by atoms with E-state index in [9.17, 15) is 0 Å². The number of hydrogen-bond acceptors (Lipinski definition) is 6. The van der Waals surface area contributed by atoms with Crippen molar-refractivity contribution in [3.8, 4) is 0 Å². The summed E-state index contributed by atoms with van der Waals surface area (Å²) in [6.07, 6.45) is 0.515. The first-order valence-corrected chi connectivity index (χ1v) is 6.01. The smallest absolute Gasteiger partial charge is 0.149 e. The number of amidine groups is 2. The van der Waals surface area contributed by atoms with E-state index in [0.29, 0.717) is 44.4 Å². The Kier molecular flexibility index (Phi) is 5.80. The van der Waals surface area contributed by atoms with Gasteiger partial charge in [0.2, 0.25) is 0 Å². The van der Waals surface area contributed by atoms with E-state index in [4.69, 9.17) is 17.2 Å². The molecule has 0 aromatic carbocycles. The molecule has 1 aliphatic rings. The third-order valence-corrected chi connectivity index (χ3v) is 2.64. The summed E-state index contributed by atoms with van der Waals surface area (Å²) >= 11 is 0. The van der Waals surface area contributed by atoms with Crippen molar-refractivity contribution >= 4 is 18.4 Å². The fourth-order valence-corrected chi connectivity index (χ4v) is 1.72. The van der Waals surface area contributed by atoms with Gasteiger partial charge in [0.05, 0.1) is 31.3 Å². The van der Waals surface area contributed by atoms with Crippen molar-refractivity contribution in [3.63, 3.8) is 0 Å². The van der Waals surface area contributed by atoms with E-state index >= 15 is 0 Å². The molecule has 106 valence electrons. The number of rotatable bonds is 7. The van der Waals surface area contributed by atoms with E-state index in [0.717, 1.165) is 11.5 Å². The Morgan fingerprint density at radius 3 is 2.74 bits per heavy atom. The Hall–Kier alpha value is -2.09. The van der Waals surface area contributed by atoms with E-state index < -0.39 is 0 Å². The van der Waals surface area contributed by atoms with E-state index in [2.05, 4.69) is 27.0 Å². The van der Waals surface area contributed by atoms with Crippen LogP contribution >= 0.6 is 0 Å². The molecule has 0 bridgehead atoms. The zero-order chi connectivity index (χ0) is 14.3. The maximum absolute atomic E-state index is 5.82. The van der Waals surface area contributed by atoms with Gasteiger partial charge < -0.3 is 27.4 Å². The van der Waals surface area contributed by atoms with Crippen LogP contribution in [-0.4, -0.2) is 56.6 Å². The Morgan fingerprint density at radius 1 is 1.42 bits per heavy atom. The van der Waals surface area contributed by atoms with Gasteiger partial charge in [-0.15, -0.1) is 0 Å². The molecule has 0 saturated heterocycles. The van der Waals surface area contributed by atoms with Crippen molar-refractivity contribution in [2.45, 2.75) is 6.42 Å². The molecule has 0 aromatic heterocycles. The van der Waals surface area contributed by atoms with Crippen LogP contribution in [0.3, 0.4) is 0 Å². The van der Waals surface area contributed by atoms with Crippen LogP contribution in [0.15, 0.2) is 26.5 Å². The molecule has 0 spiro atoms. The highest BCUT2D eigenvalue weighted by atomic mass is 15.3. The van der Waals surface area contributed by atoms with E-state index in [-0.39, 0.29) is 0 Å². The van der Waals surface area contributed by atoms with Crippen LogP contribution in [0, 0.1) is 0 Å². The number of hydrogen-bond donors (Lipinski definition) is 4. The summed E-state index contributed by atoms with van der Waals surface area (Å²) in [4.78, 5) is 14.0. The largest absolute Gasteiger partial charge is 0.387 e. The third kappa shape index (κ3) is 4.25. The van der Waals surface area contributed by atoms with Crippen LogP contribution in [0.4, 0.5) is 0 Å². The van der Waals surface area contributed by atoms with Crippen molar-refractivity contribution in [2.75, 3.05) is 33.4 Å². The molecule has 8 nitrogen and oxygen atoms in total. The lowest BCUT2D eigenvalue weighted by molar-refractivity contribution is 0.408. The molecule has 0 aliphatic carbocycles. The summed E-state index contributed by atoms with van der Waals surface area (Å²) in [5.74, 6) is 1.79. The lowest BCUT2D eigenvalue weighted by Gasteiger charge is -2.17. The van der Waals surface area contributed by atoms with Gasteiger partial charge >= 0.3 is 0 Å². The van der Waals surface area contributed by atoms with Gasteiger partial charge in [-0.1, -0.05) is 0 Å². The monoisotopic (exact) mass is 266 g/mol. The maximum Gasteiger partial charge on any atom is 0.149 e. The van der Waals surface area contributed by atoms with Crippen molar-refractivity contribution in [2.24, 2.45) is 32.2 Å². The van der Waals surface area contributed by atoms with Crippen molar-refractivity contribution in [1.29, 1.82) is 0 Å². The first-order chi connectivity index (χ1) is 9.12. The Balaban J connectivity index is 2.74. The molecule has 0 unspecified atom stereocenters. The van der Waals surface area contributed by atoms with Gasteiger partial charge in [-0.2, -0.15) is 0 Å². The fraction of sp³-hybridized carbons (Fsp3) is 0.545. The second-order valence-corrected chi connectivity index (χ2v) is 4.05. The molecule has 7 N–H and O–H groups in total. The third-order valence-electron chi connectivity index (χ3n) is 2.64. The van der Waals surface area contributed by atoms with Gasteiger partial charge in [0.15, 0.2) is 0 Å². The van der Waals surface area contributed by atoms with Crippen LogP contribution in [0.5, 0.6) is 0 Å². The average Bonchev–Trinajstić information content (AvgIpc) is 2.77. The van der Waals surface area contributed by atoms with Crippen molar-refractivity contribution < 1.29 is 0 Å². The zero-order valence-electron chi connectivity index (χ0n) is 11.3. The quantitative estimate of drug-likeness (QED) is 0.326. The molecular formula is C11H22N8. The van der Waals surface area contributed by atoms with E-state index in [1.165, 1.54) is 0 Å². The standard InChI is InChI=1S/C11H22N8/c1-15-9(13)5-8-11(16-2)19(7-18-8)6-10(14)17-4-3-12/h18H,2-7,12H2,1H3,(H2,13,15)(H2,14,17). The maximum atomic E-state index is 5.82. The molecule has 0 aromatic rings. The molecule has 8 heteroatoms. The summed E-state index contributed by atoms with van der Waals surface area (Å²) in [5.41, 5.74) is 17.8. The number of nitrogens with zero attached hydrogens (tertiary/aromatic N) is 4. The SMILES string of the molecule is C=NC1=C(CC(N)=NC)NCN1CC(N)=NCCN. The minimum atomic E-state index is 0.480. The van der Waals surface area contributed by atoms with E-state index in [1.54, 1.807) is 7.05 Å². The molecule has 0 atom stereocenters. The average molecular weight is 266 g/mol. The predicted octanol–water partition coefficient (Wildman–Crippen LogP) is -1.59. The molecule has 0 saturated carbocycles. The second kappa shape index (κ2) is 7.37. The molecule has 1 heterocycles. The molecule has 1 rings (SSSR count). The molecule has 19 heavy (non-hydrogen) atoms. The summed E-state index contributed by atoms with van der Waals surface area (Å²) in [7, 11) is 1.65. The Labute approximate surface area is 113 Å². The molecule has 0 amide bonds. The van der Waals surface area contributed by atoms with Gasteiger partial charge in [-0.3, -0.25) is 9.98 Å². The van der Waals surface area contributed by atoms with Crippen molar-refractivity contribution in [1.82, 2.24) is 10.2 Å². The summed E-state index contributed by atoms with van der Waals surface area (Å²) in [5, 5.41) is 3.21. The van der Waals surface area contributed by atoms with Crippen molar-refractivity contribution in [3.05, 3.63) is 11.5 Å². The fourth-order valence-electron chi connectivity index (χ4n) is 1.72. The van der Waals surface area contributed by atoms with Gasteiger partial charge in [0, 0.05) is 20.0 Å². The van der Waals surface area contributed by atoms with Gasteiger partial charge in [0.25, 0.3) is 0 Å². The van der Waals surface area contributed by atoms with Crippen LogP contribution in [0.1, 0.15) is 6.42 Å². The minimum absolute atomic E-state index is 0.480. The van der Waals surface area contributed by atoms with Crippen LogP contribution in [0.25, 0.3) is 0 Å². The number of nitrogens with two attached hydrogens (primary N) is 3. The number of aliphatic imine (C=N–C) groups is 3. The summed E-state index contributed by atoms with van der Waals surface area (Å²) in [6.45, 7) is 5.66. The molecular weight excluding hydrogens is 244 g/mol. The zero-order valence-corrected chi connectivity index (χ0v) is 11.3. The van der Waals surface area contributed by atoms with Gasteiger partial charge in [-0.05, 0) is 6.72 Å². The number of nitrogens with one attached hydrogen (secondary N) is 1. The highest BCUT2D eigenvalue weighted by Crippen LogP contribution is 2.17. The summed E-state index contributed by atoms with van der Waals surface area (Å²) < 4.78 is 0. The lowest BCUT2D eigenvalue weighted by atomic mass is 10.3. The topological polar surface area (TPSA) is 130 Å². The highest BCUT2D eigenvalue weighted by molar-refractivity contribution is 5.83. The normalized spacial score (nSPS) is 16.8. The molecule has 0 radical (unpaired) electrons. The second-order valence-electron chi connectivity index (χ2n) is 4.05. The molecule has 0 fully saturated rings. The minimum Gasteiger partial charge on any atom is -0.387 e. The Morgan fingerprint density at radius 2 is 2.16 bits per heavy atom. The first-order valence-electron chi connectivity index (χ1n) is 6.01. The first kappa shape index (κ1) is 15.0. The van der Waals surface area contributed by atoms with Gasteiger partial charge in [0.1, 0.15) is 11.7 Å². The van der Waals surface area contributed by atoms with Crippen LogP contribution in [0.2, 0.25) is 0 Å². The summed E-state index contributed by atoms with van der Waals surface area (Å²) in [6, 6.07) is 0. The van der Waals surface area contributed by atoms with Crippen LogP contribution < -0.4 is 22.5 Å². The Bertz CT molecular complexity index is 409. The van der Waals surface area contributed by atoms with Crippen LogP contribution in [-0.2, 0) is 0 Å². The highest BCUT2D eigenvalue weighted by Gasteiger charge is 2.22.